The maximum atomic E-state index is 5.85. The van der Waals surface area contributed by atoms with Crippen LogP contribution in [0.2, 0.25) is 4.34 Å². The summed E-state index contributed by atoms with van der Waals surface area (Å²) in [6.45, 7) is 0. The number of thiophene rings is 1. The van der Waals surface area contributed by atoms with Crippen LogP contribution in [0.25, 0.3) is 10.8 Å². The van der Waals surface area contributed by atoms with Crippen molar-refractivity contribution in [2.75, 3.05) is 0 Å². The predicted octanol–water partition coefficient (Wildman–Crippen LogP) is 3.73. The first-order chi connectivity index (χ1) is 8.81. The number of hydrogen-bond donors (Lipinski definition) is 0. The molecule has 3 aromatic rings. The van der Waals surface area contributed by atoms with E-state index in [2.05, 4.69) is 15.4 Å². The zero-order valence-electron chi connectivity index (χ0n) is 8.87. The van der Waals surface area contributed by atoms with Crippen molar-refractivity contribution in [3.8, 4) is 10.8 Å². The molecule has 0 fully saturated rings. The maximum absolute atomic E-state index is 5.85. The lowest BCUT2D eigenvalue weighted by molar-refractivity contribution is 0.394. The van der Waals surface area contributed by atoms with Gasteiger partial charge < -0.3 is 8.94 Å². The van der Waals surface area contributed by atoms with Crippen molar-refractivity contribution >= 4 is 34.7 Å². The van der Waals surface area contributed by atoms with Crippen LogP contribution in [-0.2, 0) is 5.75 Å². The average molecular weight is 300 g/mol. The molecule has 0 unspecified atom stereocenters. The molecular weight excluding hydrogens is 294 g/mol. The van der Waals surface area contributed by atoms with E-state index < -0.39 is 0 Å². The topological polar surface area (TPSA) is 65.0 Å². The van der Waals surface area contributed by atoms with Crippen molar-refractivity contribution in [1.29, 1.82) is 0 Å². The summed E-state index contributed by atoms with van der Waals surface area (Å²) in [5.74, 6) is 1.85. The van der Waals surface area contributed by atoms with Crippen molar-refractivity contribution in [3.05, 3.63) is 34.5 Å². The summed E-state index contributed by atoms with van der Waals surface area (Å²) in [6.07, 6.45) is 1.60. The average Bonchev–Trinajstić information content (AvgIpc) is 3.07. The fourth-order valence-corrected chi connectivity index (χ4v) is 2.86. The molecule has 3 rings (SSSR count). The summed E-state index contributed by atoms with van der Waals surface area (Å²) in [6, 6.07) is 5.45. The van der Waals surface area contributed by atoms with Crippen molar-refractivity contribution in [2.24, 2.45) is 0 Å². The summed E-state index contributed by atoms with van der Waals surface area (Å²) in [7, 11) is 0. The second-order valence-corrected chi connectivity index (χ2v) is 5.89. The summed E-state index contributed by atoms with van der Waals surface area (Å²) in [5.41, 5.74) is 0. The number of nitrogens with zero attached hydrogens (tertiary/aromatic N) is 3. The molecule has 92 valence electrons. The lowest BCUT2D eigenvalue weighted by Gasteiger charge is -1.90. The third-order valence-corrected chi connectivity index (χ3v) is 4.08. The lowest BCUT2D eigenvalue weighted by atomic mass is 10.5. The summed E-state index contributed by atoms with van der Waals surface area (Å²) in [5, 5.41) is 12.0. The van der Waals surface area contributed by atoms with Gasteiger partial charge in [0.05, 0.1) is 21.2 Å². The maximum Gasteiger partial charge on any atom is 0.277 e. The normalized spacial score (nSPS) is 10.9. The SMILES string of the molecule is Clc1ccc(-c2nnc(SCc3ccno3)o2)s1. The van der Waals surface area contributed by atoms with E-state index in [-0.39, 0.29) is 0 Å². The van der Waals surface area contributed by atoms with Gasteiger partial charge in [-0.1, -0.05) is 28.5 Å². The van der Waals surface area contributed by atoms with E-state index in [0.717, 1.165) is 10.6 Å². The van der Waals surface area contributed by atoms with Crippen molar-refractivity contribution < 1.29 is 8.94 Å². The standard InChI is InChI=1S/C10H6ClN3O2S2/c11-8-2-1-7(18-8)9-13-14-10(15-9)17-5-6-3-4-12-16-6/h1-4H,5H2. The Morgan fingerprint density at radius 2 is 2.22 bits per heavy atom. The Hall–Kier alpha value is -1.31. The minimum atomic E-state index is 0.479. The van der Waals surface area contributed by atoms with E-state index in [1.54, 1.807) is 18.3 Å². The Morgan fingerprint density at radius 3 is 2.94 bits per heavy atom. The van der Waals surface area contributed by atoms with Gasteiger partial charge in [0.25, 0.3) is 11.1 Å². The molecule has 0 aliphatic heterocycles. The van der Waals surface area contributed by atoms with Gasteiger partial charge in [-0.15, -0.1) is 21.5 Å². The van der Waals surface area contributed by atoms with Gasteiger partial charge in [-0.25, -0.2) is 0 Å². The first-order valence-corrected chi connectivity index (χ1v) is 7.11. The molecular formula is C10H6ClN3O2S2. The molecule has 0 saturated carbocycles. The minimum absolute atomic E-state index is 0.479. The molecule has 0 aliphatic rings. The largest absolute Gasteiger partial charge is 0.410 e. The number of halogens is 1. The molecule has 8 heteroatoms. The highest BCUT2D eigenvalue weighted by molar-refractivity contribution is 7.98. The first kappa shape index (κ1) is 11.8. The second-order valence-electron chi connectivity index (χ2n) is 3.24. The Labute approximate surface area is 115 Å². The van der Waals surface area contributed by atoms with E-state index in [0.29, 0.717) is 21.2 Å². The zero-order chi connectivity index (χ0) is 12.4. The van der Waals surface area contributed by atoms with Crippen LogP contribution in [-0.4, -0.2) is 15.4 Å². The Balaban J connectivity index is 1.70. The van der Waals surface area contributed by atoms with Crippen molar-refractivity contribution in [1.82, 2.24) is 15.4 Å². The molecule has 0 amide bonds. The fraction of sp³-hybridized carbons (Fsp3) is 0.100. The van der Waals surface area contributed by atoms with Gasteiger partial charge in [-0.05, 0) is 12.1 Å². The molecule has 0 atom stereocenters. The Morgan fingerprint density at radius 1 is 1.28 bits per heavy atom. The van der Waals surface area contributed by atoms with E-state index >= 15 is 0 Å². The molecule has 5 nitrogen and oxygen atoms in total. The third kappa shape index (κ3) is 2.58. The number of rotatable bonds is 4. The number of aromatic nitrogens is 3. The smallest absolute Gasteiger partial charge is 0.277 e. The van der Waals surface area contributed by atoms with Gasteiger partial charge in [0.15, 0.2) is 0 Å². The van der Waals surface area contributed by atoms with E-state index in [1.165, 1.54) is 23.1 Å². The van der Waals surface area contributed by atoms with Crippen LogP contribution in [0.3, 0.4) is 0 Å². The molecule has 0 aromatic carbocycles. The molecule has 3 aromatic heterocycles. The van der Waals surface area contributed by atoms with Gasteiger partial charge in [0.2, 0.25) is 0 Å². The van der Waals surface area contributed by atoms with Crippen LogP contribution in [0.4, 0.5) is 0 Å². The van der Waals surface area contributed by atoms with E-state index in [4.69, 9.17) is 20.5 Å². The molecule has 0 aliphatic carbocycles. The molecule has 0 saturated heterocycles. The van der Waals surface area contributed by atoms with Gasteiger partial charge in [0.1, 0.15) is 5.76 Å². The van der Waals surface area contributed by atoms with Crippen LogP contribution in [0, 0.1) is 0 Å². The molecule has 0 bridgehead atoms. The highest BCUT2D eigenvalue weighted by atomic mass is 35.5. The minimum Gasteiger partial charge on any atom is -0.410 e. The monoisotopic (exact) mass is 299 g/mol. The molecule has 3 heterocycles. The second kappa shape index (κ2) is 5.13. The Bertz CT molecular complexity index is 635. The quantitative estimate of drug-likeness (QED) is 0.684. The van der Waals surface area contributed by atoms with Crippen LogP contribution in [0.15, 0.2) is 38.6 Å². The summed E-state index contributed by atoms with van der Waals surface area (Å²) >= 11 is 8.65. The predicted molar refractivity (Wildman–Crippen MR) is 68.7 cm³/mol. The highest BCUT2D eigenvalue weighted by Crippen LogP contribution is 2.32. The number of thioether (sulfide) groups is 1. The molecule has 18 heavy (non-hydrogen) atoms. The van der Waals surface area contributed by atoms with Crippen LogP contribution in [0.5, 0.6) is 0 Å². The molecule has 0 spiro atoms. The van der Waals surface area contributed by atoms with Crippen LogP contribution < -0.4 is 0 Å². The van der Waals surface area contributed by atoms with Crippen LogP contribution >= 0.6 is 34.7 Å². The third-order valence-electron chi connectivity index (χ3n) is 2.02. The van der Waals surface area contributed by atoms with E-state index in [1.807, 2.05) is 6.07 Å². The fourth-order valence-electron chi connectivity index (χ4n) is 1.25. The van der Waals surface area contributed by atoms with Crippen molar-refractivity contribution in [2.45, 2.75) is 11.0 Å². The van der Waals surface area contributed by atoms with Gasteiger partial charge in [-0.2, -0.15) is 0 Å². The van der Waals surface area contributed by atoms with Crippen LogP contribution in [0.1, 0.15) is 5.76 Å². The summed E-state index contributed by atoms with van der Waals surface area (Å²) in [4.78, 5) is 0.860. The molecule has 0 radical (unpaired) electrons. The van der Waals surface area contributed by atoms with E-state index in [9.17, 15) is 0 Å². The first-order valence-electron chi connectivity index (χ1n) is 4.93. The molecule has 0 N–H and O–H groups in total. The van der Waals surface area contributed by atoms with Gasteiger partial charge in [-0.3, -0.25) is 0 Å². The number of hydrogen-bond acceptors (Lipinski definition) is 7. The highest BCUT2D eigenvalue weighted by Gasteiger charge is 2.11. The lowest BCUT2D eigenvalue weighted by Crippen LogP contribution is -1.76. The van der Waals surface area contributed by atoms with Gasteiger partial charge in [0, 0.05) is 6.07 Å². The Kier molecular flexibility index (Phi) is 3.35. The van der Waals surface area contributed by atoms with Crippen molar-refractivity contribution in [3.63, 3.8) is 0 Å². The zero-order valence-corrected chi connectivity index (χ0v) is 11.3. The van der Waals surface area contributed by atoms with Gasteiger partial charge >= 0.3 is 0 Å². The summed E-state index contributed by atoms with van der Waals surface area (Å²) < 4.78 is 11.2.